The van der Waals surface area contributed by atoms with Gasteiger partial charge >= 0.3 is 0 Å². The molecule has 0 fully saturated rings. The van der Waals surface area contributed by atoms with Gasteiger partial charge in [0.25, 0.3) is 0 Å². The lowest BCUT2D eigenvalue weighted by Crippen LogP contribution is -1.96. The van der Waals surface area contributed by atoms with E-state index in [4.69, 9.17) is 9.40 Å². The van der Waals surface area contributed by atoms with Crippen molar-refractivity contribution in [3.05, 3.63) is 194 Å². The van der Waals surface area contributed by atoms with Crippen molar-refractivity contribution in [2.24, 2.45) is 0 Å². The van der Waals surface area contributed by atoms with Gasteiger partial charge in [-0.2, -0.15) is 0 Å². The van der Waals surface area contributed by atoms with Crippen LogP contribution in [-0.2, 0) is 0 Å². The van der Waals surface area contributed by atoms with E-state index in [1.54, 1.807) is 0 Å². The lowest BCUT2D eigenvalue weighted by Gasteiger charge is -2.10. The van der Waals surface area contributed by atoms with Crippen LogP contribution in [0.2, 0.25) is 0 Å². The van der Waals surface area contributed by atoms with Crippen molar-refractivity contribution in [3.63, 3.8) is 0 Å². The van der Waals surface area contributed by atoms with Crippen molar-refractivity contribution >= 4 is 87.4 Å². The number of benzene rings is 8. The Bertz CT molecular complexity index is 3750. The number of rotatable bonds is 4. The van der Waals surface area contributed by atoms with Crippen LogP contribution in [-0.4, -0.2) is 18.7 Å². The molecule has 0 aliphatic heterocycles. The fourth-order valence-electron chi connectivity index (χ4n) is 9.62. The average Bonchev–Trinajstić information content (AvgIpc) is 4.02. The maximum absolute atomic E-state index is 6.42. The van der Waals surface area contributed by atoms with Gasteiger partial charge in [-0.15, -0.1) is 0 Å². The molecule has 0 amide bonds. The second-order valence-corrected chi connectivity index (χ2v) is 15.2. The van der Waals surface area contributed by atoms with Gasteiger partial charge in [0.05, 0.1) is 39.3 Å². The van der Waals surface area contributed by atoms with Crippen LogP contribution in [0.4, 0.5) is 0 Å². The number of para-hydroxylation sites is 5. The highest BCUT2D eigenvalue weighted by atomic mass is 16.3. The van der Waals surface area contributed by atoms with Gasteiger partial charge in [-0.1, -0.05) is 109 Å². The van der Waals surface area contributed by atoms with Crippen molar-refractivity contribution < 1.29 is 4.42 Å². The van der Waals surface area contributed by atoms with Gasteiger partial charge in [0.1, 0.15) is 11.4 Å². The Kier molecular flexibility index (Phi) is 6.38. The summed E-state index contributed by atoms with van der Waals surface area (Å²) in [4.78, 5) is 4.95. The van der Waals surface area contributed by atoms with Gasteiger partial charge in [-0.05, 0) is 90.0 Å². The summed E-state index contributed by atoms with van der Waals surface area (Å²) in [5, 5.41) is 9.46. The standard InChI is InChI=1S/C53H32N4O/c1-2-13-34(14-3-1)55-47-23-11-7-18-40(47)53-36(19-12-24-49(53)55)33-25-27-48-41(29-33)39-17-6-8-20-44(39)56(48)35-26-28-50-42(30-35)43-31-52(54-32-51(43)58-50)57-45-21-9-4-15-37(45)38-16-5-10-22-46(38)57/h1-32H. The summed E-state index contributed by atoms with van der Waals surface area (Å²) >= 11 is 0. The van der Waals surface area contributed by atoms with Gasteiger partial charge in [-0.3, -0.25) is 4.57 Å². The van der Waals surface area contributed by atoms with E-state index >= 15 is 0 Å². The van der Waals surface area contributed by atoms with E-state index in [0.29, 0.717) is 0 Å². The number of nitrogens with zero attached hydrogens (tertiary/aromatic N) is 4. The molecular weight excluding hydrogens is 709 g/mol. The van der Waals surface area contributed by atoms with Gasteiger partial charge < -0.3 is 13.6 Å². The van der Waals surface area contributed by atoms with E-state index in [2.05, 4.69) is 202 Å². The summed E-state index contributed by atoms with van der Waals surface area (Å²) < 4.78 is 13.5. The molecule has 5 heterocycles. The fraction of sp³-hybridized carbons (Fsp3) is 0. The van der Waals surface area contributed by atoms with Gasteiger partial charge in [0.2, 0.25) is 0 Å². The first-order chi connectivity index (χ1) is 28.8. The molecule has 270 valence electrons. The van der Waals surface area contributed by atoms with E-state index in [1.165, 1.54) is 54.5 Å². The zero-order valence-corrected chi connectivity index (χ0v) is 31.2. The Morgan fingerprint density at radius 1 is 0.345 bits per heavy atom. The molecule has 8 aromatic carbocycles. The van der Waals surface area contributed by atoms with E-state index in [9.17, 15) is 0 Å². The molecule has 0 aliphatic carbocycles. The van der Waals surface area contributed by atoms with E-state index in [1.807, 2.05) is 6.20 Å². The molecule has 0 saturated carbocycles. The quantitative estimate of drug-likeness (QED) is 0.180. The maximum Gasteiger partial charge on any atom is 0.153 e. The molecule has 13 aromatic rings. The first-order valence-electron chi connectivity index (χ1n) is 19.7. The SMILES string of the molecule is c1ccc(-n2c3ccccc3c3c(-c4ccc5c(c4)c4ccccc4n5-c4ccc5oc6cnc(-n7c8ccccc8c8ccccc87)cc6c5c4)cccc32)cc1. The molecule has 0 N–H and O–H groups in total. The van der Waals surface area contributed by atoms with Crippen LogP contribution in [0.5, 0.6) is 0 Å². The summed E-state index contributed by atoms with van der Waals surface area (Å²) in [6.45, 7) is 0. The normalized spacial score (nSPS) is 12.1. The number of aromatic nitrogens is 4. The molecule has 5 heteroatoms. The zero-order chi connectivity index (χ0) is 37.9. The van der Waals surface area contributed by atoms with E-state index in [-0.39, 0.29) is 0 Å². The summed E-state index contributed by atoms with van der Waals surface area (Å²) in [5.41, 5.74) is 13.2. The second kappa shape index (κ2) is 11.8. The smallest absolute Gasteiger partial charge is 0.153 e. The largest absolute Gasteiger partial charge is 0.454 e. The fourth-order valence-corrected chi connectivity index (χ4v) is 9.62. The predicted molar refractivity (Wildman–Crippen MR) is 240 cm³/mol. The van der Waals surface area contributed by atoms with Crippen LogP contribution in [0.1, 0.15) is 0 Å². The Morgan fingerprint density at radius 2 is 0.914 bits per heavy atom. The summed E-state index contributed by atoms with van der Waals surface area (Å²) in [7, 11) is 0. The van der Waals surface area contributed by atoms with Crippen LogP contribution in [0, 0.1) is 0 Å². The van der Waals surface area contributed by atoms with E-state index < -0.39 is 0 Å². The van der Waals surface area contributed by atoms with Crippen LogP contribution in [0.25, 0.3) is 116 Å². The van der Waals surface area contributed by atoms with Crippen molar-refractivity contribution in [3.8, 4) is 28.3 Å². The molecule has 0 spiro atoms. The molecule has 13 rings (SSSR count). The second-order valence-electron chi connectivity index (χ2n) is 15.2. The Balaban J connectivity index is 1.00. The third-order valence-electron chi connectivity index (χ3n) is 12.1. The predicted octanol–water partition coefficient (Wildman–Crippen LogP) is 13.9. The molecule has 0 unspecified atom stereocenters. The Morgan fingerprint density at radius 3 is 1.66 bits per heavy atom. The molecule has 0 atom stereocenters. The first kappa shape index (κ1) is 31.3. The average molecular weight is 741 g/mol. The lowest BCUT2D eigenvalue weighted by molar-refractivity contribution is 0.666. The maximum atomic E-state index is 6.42. The molecular formula is C53H32N4O. The van der Waals surface area contributed by atoms with Crippen molar-refractivity contribution in [1.82, 2.24) is 18.7 Å². The van der Waals surface area contributed by atoms with Gasteiger partial charge in [0.15, 0.2) is 5.58 Å². The summed E-state index contributed by atoms with van der Waals surface area (Å²) in [6, 6.07) is 67.7. The first-order valence-corrected chi connectivity index (χ1v) is 19.7. The molecule has 58 heavy (non-hydrogen) atoms. The molecule has 5 aromatic heterocycles. The highest BCUT2D eigenvalue weighted by Gasteiger charge is 2.20. The zero-order valence-electron chi connectivity index (χ0n) is 31.2. The van der Waals surface area contributed by atoms with Crippen molar-refractivity contribution in [1.29, 1.82) is 0 Å². The van der Waals surface area contributed by atoms with Crippen LogP contribution in [0.3, 0.4) is 0 Å². The number of furan rings is 1. The third kappa shape index (κ3) is 4.33. The highest BCUT2D eigenvalue weighted by Crippen LogP contribution is 2.42. The number of hydrogen-bond acceptors (Lipinski definition) is 2. The molecule has 0 bridgehead atoms. The van der Waals surface area contributed by atoms with Crippen molar-refractivity contribution in [2.75, 3.05) is 0 Å². The van der Waals surface area contributed by atoms with Crippen LogP contribution < -0.4 is 0 Å². The molecule has 0 aliphatic rings. The number of pyridine rings is 1. The minimum atomic E-state index is 0.770. The monoisotopic (exact) mass is 740 g/mol. The van der Waals surface area contributed by atoms with Crippen molar-refractivity contribution in [2.45, 2.75) is 0 Å². The topological polar surface area (TPSA) is 40.8 Å². The summed E-state index contributed by atoms with van der Waals surface area (Å²) in [5.74, 6) is 0.865. The van der Waals surface area contributed by atoms with Gasteiger partial charge in [0, 0.05) is 54.5 Å². The van der Waals surface area contributed by atoms with Crippen LogP contribution >= 0.6 is 0 Å². The Hall–Kier alpha value is -7.89. The molecule has 5 nitrogen and oxygen atoms in total. The van der Waals surface area contributed by atoms with Crippen LogP contribution in [0.15, 0.2) is 199 Å². The van der Waals surface area contributed by atoms with Gasteiger partial charge in [-0.25, -0.2) is 4.98 Å². The highest BCUT2D eigenvalue weighted by molar-refractivity contribution is 6.18. The minimum absolute atomic E-state index is 0.770. The van der Waals surface area contributed by atoms with E-state index in [0.717, 1.165) is 61.2 Å². The number of fused-ring (bicyclic) bond motifs is 12. The Labute approximate surface area is 331 Å². The summed E-state index contributed by atoms with van der Waals surface area (Å²) in [6.07, 6.45) is 1.87. The minimum Gasteiger partial charge on any atom is -0.454 e. The lowest BCUT2D eigenvalue weighted by atomic mass is 9.98. The number of hydrogen-bond donors (Lipinski definition) is 0. The molecule has 0 radical (unpaired) electrons. The third-order valence-corrected chi connectivity index (χ3v) is 12.1. The molecule has 0 saturated heterocycles.